The lowest BCUT2D eigenvalue weighted by atomic mass is 10.2. The number of para-hydroxylation sites is 1. The van der Waals surface area contributed by atoms with Crippen molar-refractivity contribution in [3.63, 3.8) is 0 Å². The van der Waals surface area contributed by atoms with E-state index < -0.39 is 18.5 Å². The summed E-state index contributed by atoms with van der Waals surface area (Å²) in [6, 6.07) is 16.7. The standard InChI is InChI=1S/C23H23ClN4O3/c1-15(25)23(16(2)26-19-6-4-3-5-7-19)27-21(29)14-31-22(30)13-28-11-10-17-12-18(24)8-9-20(17)28/h3-12,25-26H,13-14H2,1-2H3,(H,27,29)/b23-16+,25-15?. The summed E-state index contributed by atoms with van der Waals surface area (Å²) < 4.78 is 6.85. The van der Waals surface area contributed by atoms with Crippen LogP contribution in [-0.2, 0) is 20.9 Å². The molecule has 160 valence electrons. The summed E-state index contributed by atoms with van der Waals surface area (Å²) in [6.45, 7) is 2.86. The van der Waals surface area contributed by atoms with Gasteiger partial charge in [-0.25, -0.2) is 0 Å². The third kappa shape index (κ3) is 5.96. The van der Waals surface area contributed by atoms with Gasteiger partial charge in [-0.3, -0.25) is 9.59 Å². The van der Waals surface area contributed by atoms with Gasteiger partial charge in [0.15, 0.2) is 6.61 Å². The highest BCUT2D eigenvalue weighted by Crippen LogP contribution is 2.20. The minimum atomic E-state index is -0.543. The molecule has 0 aliphatic heterocycles. The highest BCUT2D eigenvalue weighted by molar-refractivity contribution is 6.31. The predicted octanol–water partition coefficient (Wildman–Crippen LogP) is 4.34. The van der Waals surface area contributed by atoms with E-state index in [4.69, 9.17) is 21.7 Å². The number of fused-ring (bicyclic) bond motifs is 1. The Hall–Kier alpha value is -3.58. The fourth-order valence-electron chi connectivity index (χ4n) is 3.08. The third-order valence-corrected chi connectivity index (χ3v) is 4.75. The fourth-order valence-corrected chi connectivity index (χ4v) is 3.26. The van der Waals surface area contributed by atoms with Gasteiger partial charge in [0, 0.05) is 33.5 Å². The van der Waals surface area contributed by atoms with Crippen LogP contribution in [0.1, 0.15) is 13.8 Å². The quantitative estimate of drug-likeness (QED) is 0.360. The van der Waals surface area contributed by atoms with Crippen LogP contribution in [0.25, 0.3) is 10.9 Å². The SMILES string of the molecule is CC(=N)/C(NC(=O)COC(=O)Cn1ccc2cc(Cl)ccc21)=C(/C)Nc1ccccc1. The van der Waals surface area contributed by atoms with Crippen LogP contribution < -0.4 is 10.6 Å². The number of rotatable bonds is 8. The Bertz CT molecular complexity index is 1150. The van der Waals surface area contributed by atoms with Crippen LogP contribution in [0.15, 0.2) is 72.2 Å². The molecule has 0 aliphatic rings. The summed E-state index contributed by atoms with van der Waals surface area (Å²) >= 11 is 5.98. The number of hydrogen-bond acceptors (Lipinski definition) is 5. The number of nitrogens with zero attached hydrogens (tertiary/aromatic N) is 1. The highest BCUT2D eigenvalue weighted by atomic mass is 35.5. The van der Waals surface area contributed by atoms with Gasteiger partial charge in [-0.1, -0.05) is 29.8 Å². The molecular formula is C23H23ClN4O3. The van der Waals surface area contributed by atoms with Gasteiger partial charge in [0.2, 0.25) is 0 Å². The maximum absolute atomic E-state index is 12.3. The average Bonchev–Trinajstić information content (AvgIpc) is 3.12. The van der Waals surface area contributed by atoms with Gasteiger partial charge in [-0.2, -0.15) is 0 Å². The smallest absolute Gasteiger partial charge is 0.326 e. The van der Waals surface area contributed by atoms with Crippen molar-refractivity contribution < 1.29 is 14.3 Å². The van der Waals surface area contributed by atoms with E-state index in [0.717, 1.165) is 16.6 Å². The predicted molar refractivity (Wildman–Crippen MR) is 122 cm³/mol. The molecule has 1 amide bonds. The number of esters is 1. The Morgan fingerprint density at radius 2 is 1.84 bits per heavy atom. The normalized spacial score (nSPS) is 11.6. The van der Waals surface area contributed by atoms with Gasteiger partial charge in [-0.05, 0) is 50.2 Å². The Morgan fingerprint density at radius 1 is 1.10 bits per heavy atom. The molecule has 7 nitrogen and oxygen atoms in total. The largest absolute Gasteiger partial charge is 0.454 e. The second-order valence-corrected chi connectivity index (χ2v) is 7.41. The van der Waals surface area contributed by atoms with E-state index >= 15 is 0 Å². The Morgan fingerprint density at radius 3 is 2.55 bits per heavy atom. The molecule has 31 heavy (non-hydrogen) atoms. The van der Waals surface area contributed by atoms with Crippen molar-refractivity contribution in [3.8, 4) is 0 Å². The van der Waals surface area contributed by atoms with Crippen molar-refractivity contribution in [1.82, 2.24) is 9.88 Å². The van der Waals surface area contributed by atoms with E-state index in [1.165, 1.54) is 0 Å². The molecule has 0 radical (unpaired) electrons. The van der Waals surface area contributed by atoms with Gasteiger partial charge >= 0.3 is 5.97 Å². The zero-order chi connectivity index (χ0) is 22.4. The fraction of sp³-hybridized carbons (Fsp3) is 0.174. The number of hydrogen-bond donors (Lipinski definition) is 3. The number of amides is 1. The van der Waals surface area contributed by atoms with Crippen molar-refractivity contribution in [2.24, 2.45) is 0 Å². The van der Waals surface area contributed by atoms with Crippen molar-refractivity contribution in [2.45, 2.75) is 20.4 Å². The van der Waals surface area contributed by atoms with E-state index in [-0.39, 0.29) is 12.3 Å². The van der Waals surface area contributed by atoms with Crippen LogP contribution in [0.2, 0.25) is 5.02 Å². The molecule has 2 aromatic carbocycles. The minimum Gasteiger partial charge on any atom is -0.454 e. The van der Waals surface area contributed by atoms with E-state index in [9.17, 15) is 9.59 Å². The topological polar surface area (TPSA) is 96.2 Å². The Labute approximate surface area is 185 Å². The number of allylic oxidation sites excluding steroid dienone is 2. The number of carbonyl (C=O) groups is 2. The Kier molecular flexibility index (Phi) is 7.10. The molecule has 3 rings (SSSR count). The molecule has 0 saturated heterocycles. The van der Waals surface area contributed by atoms with Crippen molar-refractivity contribution in [3.05, 3.63) is 77.2 Å². The maximum Gasteiger partial charge on any atom is 0.326 e. The highest BCUT2D eigenvalue weighted by Gasteiger charge is 2.14. The van der Waals surface area contributed by atoms with Crippen LogP contribution in [0.3, 0.4) is 0 Å². The molecule has 0 fully saturated rings. The number of benzene rings is 2. The van der Waals surface area contributed by atoms with Crippen LogP contribution >= 0.6 is 11.6 Å². The number of halogens is 1. The molecular weight excluding hydrogens is 416 g/mol. The summed E-state index contributed by atoms with van der Waals surface area (Å²) in [4.78, 5) is 24.5. The summed E-state index contributed by atoms with van der Waals surface area (Å²) in [6.07, 6.45) is 1.76. The maximum atomic E-state index is 12.3. The number of carbonyl (C=O) groups excluding carboxylic acids is 2. The zero-order valence-electron chi connectivity index (χ0n) is 17.2. The molecule has 0 saturated carbocycles. The van der Waals surface area contributed by atoms with Crippen LogP contribution in [-0.4, -0.2) is 28.8 Å². The first kappa shape index (κ1) is 22.1. The molecule has 0 atom stereocenters. The zero-order valence-corrected chi connectivity index (χ0v) is 18.0. The van der Waals surface area contributed by atoms with Gasteiger partial charge in [0.1, 0.15) is 6.54 Å². The Balaban J connectivity index is 1.57. The van der Waals surface area contributed by atoms with E-state index in [1.54, 1.807) is 30.7 Å². The van der Waals surface area contributed by atoms with Gasteiger partial charge in [0.25, 0.3) is 5.91 Å². The lowest BCUT2D eigenvalue weighted by Crippen LogP contribution is -2.32. The van der Waals surface area contributed by atoms with Gasteiger partial charge in [-0.15, -0.1) is 0 Å². The molecule has 3 aromatic rings. The van der Waals surface area contributed by atoms with Gasteiger partial charge < -0.3 is 25.3 Å². The van der Waals surface area contributed by atoms with Crippen LogP contribution in [0.5, 0.6) is 0 Å². The third-order valence-electron chi connectivity index (χ3n) is 4.52. The van der Waals surface area contributed by atoms with Crippen molar-refractivity contribution in [1.29, 1.82) is 5.41 Å². The summed E-state index contributed by atoms with van der Waals surface area (Å²) in [5.74, 6) is -1.06. The second kappa shape index (κ2) is 9.95. The lowest BCUT2D eigenvalue weighted by Gasteiger charge is -2.15. The van der Waals surface area contributed by atoms with Crippen LogP contribution in [0.4, 0.5) is 5.69 Å². The van der Waals surface area contributed by atoms with Crippen LogP contribution in [0, 0.1) is 5.41 Å². The molecule has 8 heteroatoms. The molecule has 1 aromatic heterocycles. The van der Waals surface area contributed by atoms with E-state index in [0.29, 0.717) is 16.4 Å². The molecule has 0 unspecified atom stereocenters. The summed E-state index contributed by atoms with van der Waals surface area (Å²) in [7, 11) is 0. The molecule has 3 N–H and O–H groups in total. The number of aromatic nitrogens is 1. The number of nitrogens with one attached hydrogen (secondary N) is 3. The first-order valence-electron chi connectivity index (χ1n) is 9.62. The molecule has 1 heterocycles. The first-order chi connectivity index (χ1) is 14.8. The molecule has 0 bridgehead atoms. The number of ether oxygens (including phenoxy) is 1. The summed E-state index contributed by atoms with van der Waals surface area (Å²) in [5, 5.41) is 15.3. The van der Waals surface area contributed by atoms with Crippen molar-refractivity contribution in [2.75, 3.05) is 11.9 Å². The van der Waals surface area contributed by atoms with Gasteiger partial charge in [0.05, 0.1) is 11.4 Å². The number of anilines is 1. The summed E-state index contributed by atoms with van der Waals surface area (Å²) in [5.41, 5.74) is 2.80. The molecule has 0 spiro atoms. The van der Waals surface area contributed by atoms with E-state index in [1.807, 2.05) is 48.5 Å². The van der Waals surface area contributed by atoms with E-state index in [2.05, 4.69) is 10.6 Å². The molecule has 0 aliphatic carbocycles. The monoisotopic (exact) mass is 438 g/mol. The second-order valence-electron chi connectivity index (χ2n) is 6.97. The van der Waals surface area contributed by atoms with Crippen molar-refractivity contribution >= 4 is 45.8 Å². The average molecular weight is 439 g/mol. The minimum absolute atomic E-state index is 0.0285. The lowest BCUT2D eigenvalue weighted by molar-refractivity contribution is -0.148. The first-order valence-corrected chi connectivity index (χ1v) is 9.99.